The normalized spacial score (nSPS) is 63.6. The van der Waals surface area contributed by atoms with Crippen LogP contribution in [0.15, 0.2) is 0 Å². The van der Waals surface area contributed by atoms with Crippen LogP contribution in [0.25, 0.3) is 0 Å². The molecule has 0 aromatic rings. The fourth-order valence-corrected chi connectivity index (χ4v) is 3.14. The van der Waals surface area contributed by atoms with E-state index in [1.54, 1.807) is 0 Å². The first-order valence-electron chi connectivity index (χ1n) is 4.34. The van der Waals surface area contributed by atoms with Crippen molar-refractivity contribution in [3.05, 3.63) is 0 Å². The summed E-state index contributed by atoms with van der Waals surface area (Å²) < 4.78 is 0. The molecule has 1 heteroatoms. The number of hydrogen-bond acceptors (Lipinski definition) is 1. The van der Waals surface area contributed by atoms with Crippen LogP contribution < -0.4 is 5.32 Å². The van der Waals surface area contributed by atoms with E-state index in [4.69, 9.17) is 0 Å². The third-order valence-corrected chi connectivity index (χ3v) is 4.18. The van der Waals surface area contributed by atoms with Crippen molar-refractivity contribution < 1.29 is 0 Å². The van der Waals surface area contributed by atoms with Crippen LogP contribution in [0.4, 0.5) is 0 Å². The van der Waals surface area contributed by atoms with Gasteiger partial charge in [0, 0.05) is 5.54 Å². The Labute approximate surface area is 63.2 Å². The van der Waals surface area contributed by atoms with Gasteiger partial charge in [-0.3, -0.25) is 0 Å². The van der Waals surface area contributed by atoms with Gasteiger partial charge in [-0.15, -0.1) is 0 Å². The van der Waals surface area contributed by atoms with E-state index in [1.165, 1.54) is 0 Å². The molecule has 10 heavy (non-hydrogen) atoms. The zero-order valence-corrected chi connectivity index (χ0v) is 7.36. The predicted octanol–water partition coefficient (Wildman–Crippen LogP) is 1.64. The Morgan fingerprint density at radius 2 is 1.90 bits per heavy atom. The molecule has 1 N–H and O–H groups in total. The van der Waals surface area contributed by atoms with E-state index < -0.39 is 0 Å². The first-order valence-corrected chi connectivity index (χ1v) is 4.34. The Morgan fingerprint density at radius 1 is 1.40 bits per heavy atom. The minimum atomic E-state index is 0.515. The van der Waals surface area contributed by atoms with Gasteiger partial charge in [-0.25, -0.2) is 0 Å². The summed E-state index contributed by atoms with van der Waals surface area (Å²) in [5.41, 5.74) is 1.18. The molecule has 0 amide bonds. The third-order valence-electron chi connectivity index (χ3n) is 4.18. The van der Waals surface area contributed by atoms with E-state index in [0.29, 0.717) is 11.0 Å². The van der Waals surface area contributed by atoms with E-state index in [-0.39, 0.29) is 0 Å². The monoisotopic (exact) mass is 139 g/mol. The highest BCUT2D eigenvalue weighted by Crippen LogP contribution is 2.85. The predicted molar refractivity (Wildman–Crippen MR) is 42.8 cm³/mol. The molecule has 1 nitrogen and oxygen atoms in total. The summed E-state index contributed by atoms with van der Waals surface area (Å²) in [7, 11) is 0. The lowest BCUT2D eigenvalue weighted by Gasteiger charge is -2.25. The van der Waals surface area contributed by atoms with Crippen LogP contribution in [-0.2, 0) is 0 Å². The van der Waals surface area contributed by atoms with Gasteiger partial charge in [0.05, 0.1) is 0 Å². The topological polar surface area (TPSA) is 12.0 Å². The van der Waals surface area contributed by atoms with Crippen molar-refractivity contribution in [1.29, 1.82) is 0 Å². The van der Waals surface area contributed by atoms with E-state index >= 15 is 0 Å². The second kappa shape index (κ2) is 1.42. The maximum absolute atomic E-state index is 3.57. The Bertz CT molecular complexity index is 178. The van der Waals surface area contributed by atoms with Crippen LogP contribution >= 0.6 is 0 Å². The van der Waals surface area contributed by atoms with E-state index in [9.17, 15) is 0 Å². The van der Waals surface area contributed by atoms with Crippen LogP contribution in [0.2, 0.25) is 0 Å². The van der Waals surface area contributed by atoms with Gasteiger partial charge in [0.25, 0.3) is 0 Å². The minimum absolute atomic E-state index is 0.515. The molecule has 0 saturated heterocycles. The molecule has 0 aromatic carbocycles. The smallest absolute Gasteiger partial charge is 0.0249 e. The van der Waals surface area contributed by atoms with Crippen molar-refractivity contribution in [3.63, 3.8) is 0 Å². The molecule has 2 fully saturated rings. The highest BCUT2D eigenvalue weighted by molar-refractivity contribution is 5.40. The van der Waals surface area contributed by atoms with Crippen molar-refractivity contribution in [2.24, 2.45) is 17.3 Å². The van der Waals surface area contributed by atoms with Gasteiger partial charge in [-0.2, -0.15) is 0 Å². The average Bonchev–Trinajstić information content (AvgIpc) is 2.56. The molecule has 2 aliphatic carbocycles. The summed E-state index contributed by atoms with van der Waals surface area (Å²) in [6, 6.07) is 0. The number of rotatable bonds is 2. The van der Waals surface area contributed by atoms with Gasteiger partial charge >= 0.3 is 0 Å². The minimum Gasteiger partial charge on any atom is -0.311 e. The molecule has 4 unspecified atom stereocenters. The second-order valence-corrected chi connectivity index (χ2v) is 4.28. The average molecular weight is 139 g/mol. The standard InChI is InChI=1S/C9H17N/c1-5-10-9(4)7-6(2)8(7,9)3/h6-7,10H,5H2,1-4H3. The molecule has 4 atom stereocenters. The fraction of sp³-hybridized carbons (Fsp3) is 1.00. The van der Waals surface area contributed by atoms with Gasteiger partial charge in [0.15, 0.2) is 0 Å². The molecule has 0 bridgehead atoms. The molecular weight excluding hydrogens is 122 g/mol. The van der Waals surface area contributed by atoms with Crippen molar-refractivity contribution in [2.75, 3.05) is 6.54 Å². The quantitative estimate of drug-likeness (QED) is 0.613. The lowest BCUT2D eigenvalue weighted by atomic mass is 9.93. The van der Waals surface area contributed by atoms with Gasteiger partial charge < -0.3 is 5.32 Å². The lowest BCUT2D eigenvalue weighted by Crippen LogP contribution is -2.40. The van der Waals surface area contributed by atoms with Crippen molar-refractivity contribution >= 4 is 0 Å². The SMILES string of the molecule is CCNC1(C)C2C(C)C21C. The summed E-state index contributed by atoms with van der Waals surface area (Å²) >= 11 is 0. The first-order chi connectivity index (χ1) is 4.59. The number of nitrogens with one attached hydrogen (secondary N) is 1. The largest absolute Gasteiger partial charge is 0.311 e. The Morgan fingerprint density at radius 3 is 2.20 bits per heavy atom. The van der Waals surface area contributed by atoms with Gasteiger partial charge in [0.2, 0.25) is 0 Å². The lowest BCUT2D eigenvalue weighted by molar-refractivity contribution is 0.314. The second-order valence-electron chi connectivity index (χ2n) is 4.28. The summed E-state index contributed by atoms with van der Waals surface area (Å²) in [5.74, 6) is 1.97. The molecule has 2 rings (SSSR count). The summed E-state index contributed by atoms with van der Waals surface area (Å²) in [6.07, 6.45) is 0. The Balaban J connectivity index is 2.02. The zero-order chi connectivity index (χ0) is 7.57. The van der Waals surface area contributed by atoms with Crippen LogP contribution in [0.1, 0.15) is 27.7 Å². The van der Waals surface area contributed by atoms with E-state index in [0.717, 1.165) is 18.4 Å². The highest BCUT2D eigenvalue weighted by Gasteiger charge is 2.88. The first kappa shape index (κ1) is 6.66. The molecular formula is C9H17N. The van der Waals surface area contributed by atoms with Gasteiger partial charge in [-0.1, -0.05) is 20.8 Å². The molecule has 0 radical (unpaired) electrons. The van der Waals surface area contributed by atoms with E-state index in [2.05, 4.69) is 33.0 Å². The third kappa shape index (κ3) is 0.402. The molecule has 0 heterocycles. The molecule has 58 valence electrons. The molecule has 2 saturated carbocycles. The molecule has 0 aromatic heterocycles. The Kier molecular flexibility index (Phi) is 0.949. The van der Waals surface area contributed by atoms with Crippen molar-refractivity contribution in [1.82, 2.24) is 5.32 Å². The summed E-state index contributed by atoms with van der Waals surface area (Å²) in [4.78, 5) is 0. The van der Waals surface area contributed by atoms with Gasteiger partial charge in [-0.05, 0) is 30.7 Å². The zero-order valence-electron chi connectivity index (χ0n) is 7.36. The molecule has 2 aliphatic rings. The van der Waals surface area contributed by atoms with Crippen LogP contribution in [0, 0.1) is 17.3 Å². The number of fused-ring (bicyclic) bond motifs is 1. The van der Waals surface area contributed by atoms with Crippen LogP contribution in [0.3, 0.4) is 0 Å². The Hall–Kier alpha value is -0.0400. The van der Waals surface area contributed by atoms with Crippen LogP contribution in [-0.4, -0.2) is 12.1 Å². The molecule has 0 spiro atoms. The summed E-state index contributed by atoms with van der Waals surface area (Å²) in [5, 5.41) is 3.57. The highest BCUT2D eigenvalue weighted by atomic mass is 15.2. The van der Waals surface area contributed by atoms with Crippen molar-refractivity contribution in [2.45, 2.75) is 33.2 Å². The van der Waals surface area contributed by atoms with Crippen molar-refractivity contribution in [3.8, 4) is 0 Å². The maximum Gasteiger partial charge on any atom is 0.0249 e. The van der Waals surface area contributed by atoms with E-state index in [1.807, 2.05) is 0 Å². The summed E-state index contributed by atoms with van der Waals surface area (Å²) in [6.45, 7) is 10.4. The van der Waals surface area contributed by atoms with Gasteiger partial charge in [0.1, 0.15) is 0 Å². The molecule has 0 aliphatic heterocycles. The maximum atomic E-state index is 3.57. The van der Waals surface area contributed by atoms with Crippen LogP contribution in [0.5, 0.6) is 0 Å². The fourth-order valence-electron chi connectivity index (χ4n) is 3.14. The number of hydrogen-bond donors (Lipinski definition) is 1.